The van der Waals surface area contributed by atoms with Crippen LogP contribution in [0, 0.1) is 5.82 Å². The highest BCUT2D eigenvalue weighted by Gasteiger charge is 2.21. The molecule has 5 nitrogen and oxygen atoms in total. The Balaban J connectivity index is 1.81. The maximum absolute atomic E-state index is 13.7. The van der Waals surface area contributed by atoms with Gasteiger partial charge < -0.3 is 14.6 Å². The van der Waals surface area contributed by atoms with Crippen LogP contribution in [0.3, 0.4) is 0 Å². The summed E-state index contributed by atoms with van der Waals surface area (Å²) in [6.45, 7) is 0. The molecule has 26 heavy (non-hydrogen) atoms. The van der Waals surface area contributed by atoms with Gasteiger partial charge in [0.05, 0.1) is 13.5 Å². The van der Waals surface area contributed by atoms with E-state index >= 15 is 0 Å². The van der Waals surface area contributed by atoms with Gasteiger partial charge >= 0.3 is 0 Å². The molecule has 2 aromatic carbocycles. The van der Waals surface area contributed by atoms with Gasteiger partial charge in [0.15, 0.2) is 0 Å². The molecule has 0 aliphatic carbocycles. The molecule has 0 saturated heterocycles. The maximum Gasteiger partial charge on any atom is 0.225 e. The van der Waals surface area contributed by atoms with E-state index in [0.29, 0.717) is 11.4 Å². The SMILES string of the molecule is COc1ccc(CC(=O)N[C@@H](c2cccc(F)c2)c2nccn2C)cc1. The minimum atomic E-state index is -0.531. The van der Waals surface area contributed by atoms with Crippen LogP contribution in [-0.2, 0) is 18.3 Å². The summed E-state index contributed by atoms with van der Waals surface area (Å²) in [5.41, 5.74) is 1.50. The topological polar surface area (TPSA) is 56.1 Å². The van der Waals surface area contributed by atoms with E-state index in [-0.39, 0.29) is 18.1 Å². The van der Waals surface area contributed by atoms with E-state index in [1.807, 2.05) is 35.9 Å². The maximum atomic E-state index is 13.7. The largest absolute Gasteiger partial charge is 0.497 e. The highest BCUT2D eigenvalue weighted by atomic mass is 19.1. The smallest absolute Gasteiger partial charge is 0.225 e. The highest BCUT2D eigenvalue weighted by molar-refractivity contribution is 5.79. The molecule has 1 aromatic heterocycles. The summed E-state index contributed by atoms with van der Waals surface area (Å²) in [7, 11) is 3.43. The van der Waals surface area contributed by atoms with E-state index in [9.17, 15) is 9.18 Å². The number of imidazole rings is 1. The van der Waals surface area contributed by atoms with E-state index in [0.717, 1.165) is 11.3 Å². The van der Waals surface area contributed by atoms with Gasteiger partial charge in [-0.25, -0.2) is 9.37 Å². The monoisotopic (exact) mass is 353 g/mol. The van der Waals surface area contributed by atoms with Crippen LogP contribution in [0.15, 0.2) is 60.9 Å². The molecular formula is C20H20FN3O2. The second-order valence-electron chi connectivity index (χ2n) is 5.98. The Morgan fingerprint density at radius 1 is 1.27 bits per heavy atom. The Hall–Kier alpha value is -3.15. The summed E-state index contributed by atoms with van der Waals surface area (Å²) < 4.78 is 20.6. The first-order valence-electron chi connectivity index (χ1n) is 8.22. The molecule has 1 N–H and O–H groups in total. The number of nitrogens with zero attached hydrogens (tertiary/aromatic N) is 2. The lowest BCUT2D eigenvalue weighted by Gasteiger charge is -2.19. The lowest BCUT2D eigenvalue weighted by molar-refractivity contribution is -0.121. The number of methoxy groups -OCH3 is 1. The molecule has 6 heteroatoms. The third kappa shape index (κ3) is 4.08. The number of hydrogen-bond acceptors (Lipinski definition) is 3. The molecule has 0 radical (unpaired) electrons. The Labute approximate surface area is 151 Å². The molecule has 3 rings (SSSR count). The van der Waals surface area contributed by atoms with Crippen molar-refractivity contribution in [2.24, 2.45) is 7.05 Å². The van der Waals surface area contributed by atoms with E-state index in [1.54, 1.807) is 31.6 Å². The van der Waals surface area contributed by atoms with Crippen LogP contribution in [0.2, 0.25) is 0 Å². The van der Waals surface area contributed by atoms with Gasteiger partial charge in [-0.1, -0.05) is 24.3 Å². The van der Waals surface area contributed by atoms with Crippen molar-refractivity contribution in [3.8, 4) is 5.75 Å². The summed E-state index contributed by atoms with van der Waals surface area (Å²) in [5, 5.41) is 2.96. The number of rotatable bonds is 6. The standard InChI is InChI=1S/C20H20FN3O2/c1-24-11-10-22-20(24)19(15-4-3-5-16(21)13-15)23-18(25)12-14-6-8-17(26-2)9-7-14/h3-11,13,19H,12H2,1-2H3,(H,23,25)/t19-/m0/s1. The van der Waals surface area contributed by atoms with Gasteiger partial charge in [0, 0.05) is 19.4 Å². The zero-order chi connectivity index (χ0) is 18.5. The fourth-order valence-electron chi connectivity index (χ4n) is 2.78. The van der Waals surface area contributed by atoms with Gasteiger partial charge in [0.1, 0.15) is 23.4 Å². The Bertz CT molecular complexity index is 890. The molecule has 1 heterocycles. The van der Waals surface area contributed by atoms with Crippen LogP contribution in [0.5, 0.6) is 5.75 Å². The second-order valence-corrected chi connectivity index (χ2v) is 5.98. The molecule has 0 unspecified atom stereocenters. The van der Waals surface area contributed by atoms with Gasteiger partial charge in [-0.2, -0.15) is 0 Å². The Morgan fingerprint density at radius 2 is 2.04 bits per heavy atom. The summed E-state index contributed by atoms with van der Waals surface area (Å²) >= 11 is 0. The number of aryl methyl sites for hydroxylation is 1. The molecule has 1 amide bonds. The first kappa shape index (κ1) is 17.7. The van der Waals surface area contributed by atoms with Gasteiger partial charge in [0.2, 0.25) is 5.91 Å². The first-order chi connectivity index (χ1) is 12.6. The van der Waals surface area contributed by atoms with E-state index in [4.69, 9.17) is 4.74 Å². The summed E-state index contributed by atoms with van der Waals surface area (Å²) in [5.74, 6) is 0.844. The Kier molecular flexibility index (Phi) is 5.31. The number of halogens is 1. The number of carbonyl (C=O) groups excluding carboxylic acids is 1. The predicted octanol–water partition coefficient (Wildman–Crippen LogP) is 3.02. The van der Waals surface area contributed by atoms with Crippen LogP contribution >= 0.6 is 0 Å². The van der Waals surface area contributed by atoms with Crippen LogP contribution in [0.25, 0.3) is 0 Å². The fourth-order valence-corrected chi connectivity index (χ4v) is 2.78. The predicted molar refractivity (Wildman–Crippen MR) is 96.3 cm³/mol. The summed E-state index contributed by atoms with van der Waals surface area (Å²) in [6.07, 6.45) is 3.65. The molecule has 0 aliphatic rings. The quantitative estimate of drug-likeness (QED) is 0.741. The van der Waals surface area contributed by atoms with Crippen molar-refractivity contribution in [2.75, 3.05) is 7.11 Å². The van der Waals surface area contributed by atoms with Crippen LogP contribution in [-0.4, -0.2) is 22.6 Å². The van der Waals surface area contributed by atoms with Crippen LogP contribution in [0.4, 0.5) is 4.39 Å². The fraction of sp³-hybridized carbons (Fsp3) is 0.200. The van der Waals surface area contributed by atoms with Gasteiger partial charge in [-0.3, -0.25) is 4.79 Å². The van der Waals surface area contributed by atoms with Crippen molar-refractivity contribution in [3.63, 3.8) is 0 Å². The number of aromatic nitrogens is 2. The summed E-state index contributed by atoms with van der Waals surface area (Å²) in [6, 6.07) is 13.0. The second kappa shape index (κ2) is 7.82. The number of nitrogens with one attached hydrogen (secondary N) is 1. The lowest BCUT2D eigenvalue weighted by atomic mass is 10.0. The number of amides is 1. The first-order valence-corrected chi connectivity index (χ1v) is 8.22. The molecule has 0 saturated carbocycles. The zero-order valence-corrected chi connectivity index (χ0v) is 14.6. The molecular weight excluding hydrogens is 333 g/mol. The van der Waals surface area contributed by atoms with Crippen molar-refractivity contribution in [3.05, 3.63) is 83.7 Å². The lowest BCUT2D eigenvalue weighted by Crippen LogP contribution is -2.32. The average Bonchev–Trinajstić information content (AvgIpc) is 3.06. The van der Waals surface area contributed by atoms with Crippen molar-refractivity contribution in [1.29, 1.82) is 0 Å². The normalized spacial score (nSPS) is 11.8. The van der Waals surface area contributed by atoms with Gasteiger partial charge in [0.25, 0.3) is 0 Å². The van der Waals surface area contributed by atoms with Crippen LogP contribution < -0.4 is 10.1 Å². The van der Waals surface area contributed by atoms with E-state index in [1.165, 1.54) is 12.1 Å². The zero-order valence-electron chi connectivity index (χ0n) is 14.6. The number of hydrogen-bond donors (Lipinski definition) is 1. The molecule has 1 atom stereocenters. The minimum absolute atomic E-state index is 0.174. The average molecular weight is 353 g/mol. The molecule has 3 aromatic rings. The number of ether oxygens (including phenoxy) is 1. The highest BCUT2D eigenvalue weighted by Crippen LogP contribution is 2.21. The molecule has 0 spiro atoms. The van der Waals surface area contributed by atoms with Crippen molar-refractivity contribution in [2.45, 2.75) is 12.5 Å². The molecule has 0 aliphatic heterocycles. The molecule has 134 valence electrons. The molecule has 0 fully saturated rings. The molecule has 0 bridgehead atoms. The van der Waals surface area contributed by atoms with Crippen molar-refractivity contribution < 1.29 is 13.9 Å². The van der Waals surface area contributed by atoms with Crippen molar-refractivity contribution in [1.82, 2.24) is 14.9 Å². The third-order valence-electron chi connectivity index (χ3n) is 4.13. The van der Waals surface area contributed by atoms with Gasteiger partial charge in [-0.15, -0.1) is 0 Å². The Morgan fingerprint density at radius 3 is 2.65 bits per heavy atom. The van der Waals surface area contributed by atoms with Gasteiger partial charge in [-0.05, 0) is 35.4 Å². The van der Waals surface area contributed by atoms with E-state index in [2.05, 4.69) is 10.3 Å². The van der Waals surface area contributed by atoms with Crippen LogP contribution in [0.1, 0.15) is 23.0 Å². The van der Waals surface area contributed by atoms with E-state index < -0.39 is 6.04 Å². The van der Waals surface area contributed by atoms with Crippen molar-refractivity contribution >= 4 is 5.91 Å². The summed E-state index contributed by atoms with van der Waals surface area (Å²) in [4.78, 5) is 16.9. The number of benzene rings is 2. The number of carbonyl (C=O) groups is 1. The minimum Gasteiger partial charge on any atom is -0.497 e. The third-order valence-corrected chi connectivity index (χ3v) is 4.13.